The number of halogens is 3. The zero-order valence-electron chi connectivity index (χ0n) is 15.0. The van der Waals surface area contributed by atoms with E-state index < -0.39 is 41.6 Å². The Balaban J connectivity index is 1.95. The van der Waals surface area contributed by atoms with Crippen LogP contribution in [0, 0.1) is 10.1 Å². The number of alkyl halides is 3. The molecular formula is C18H15F3N2O6. The van der Waals surface area contributed by atoms with Gasteiger partial charge in [0.1, 0.15) is 5.75 Å². The smallest absolute Gasteiger partial charge is 0.416 e. The molecule has 0 unspecified atom stereocenters. The molecule has 2 aromatic rings. The molecule has 0 aliphatic carbocycles. The summed E-state index contributed by atoms with van der Waals surface area (Å²) in [6.45, 7) is -0.732. The van der Waals surface area contributed by atoms with Gasteiger partial charge in [0.15, 0.2) is 6.61 Å². The van der Waals surface area contributed by atoms with Crippen LogP contribution in [0.5, 0.6) is 5.75 Å². The van der Waals surface area contributed by atoms with Crippen molar-refractivity contribution in [3.8, 4) is 5.75 Å². The SMILES string of the molecule is COc1ccc([N+](=O)[O-])cc1NC(=O)COC(=O)Cc1cccc(C(F)(F)F)c1. The van der Waals surface area contributed by atoms with Crippen LogP contribution >= 0.6 is 0 Å². The molecule has 0 fully saturated rings. The third-order valence-electron chi connectivity index (χ3n) is 3.63. The van der Waals surface area contributed by atoms with Gasteiger partial charge in [0.25, 0.3) is 11.6 Å². The Morgan fingerprint density at radius 1 is 1.17 bits per heavy atom. The largest absolute Gasteiger partial charge is 0.495 e. The summed E-state index contributed by atoms with van der Waals surface area (Å²) in [5.41, 5.74) is -1.12. The van der Waals surface area contributed by atoms with Crippen LogP contribution < -0.4 is 10.1 Å². The van der Waals surface area contributed by atoms with Gasteiger partial charge in [0, 0.05) is 12.1 Å². The maximum atomic E-state index is 12.7. The van der Waals surface area contributed by atoms with E-state index in [1.165, 1.54) is 25.3 Å². The molecule has 29 heavy (non-hydrogen) atoms. The number of nitro benzene ring substituents is 1. The second-order valence-electron chi connectivity index (χ2n) is 5.73. The average Bonchev–Trinajstić information content (AvgIpc) is 2.66. The number of carbonyl (C=O) groups is 2. The molecule has 1 N–H and O–H groups in total. The van der Waals surface area contributed by atoms with Crippen LogP contribution in [0.25, 0.3) is 0 Å². The molecule has 0 radical (unpaired) electrons. The molecule has 2 rings (SSSR count). The molecular weight excluding hydrogens is 397 g/mol. The summed E-state index contributed by atoms with van der Waals surface area (Å²) in [6, 6.07) is 7.71. The van der Waals surface area contributed by atoms with E-state index >= 15 is 0 Å². The summed E-state index contributed by atoms with van der Waals surface area (Å²) < 4.78 is 47.8. The first-order valence-corrected chi connectivity index (χ1v) is 8.04. The van der Waals surface area contributed by atoms with Gasteiger partial charge in [-0.3, -0.25) is 19.7 Å². The number of hydrogen-bond donors (Lipinski definition) is 1. The van der Waals surface area contributed by atoms with E-state index in [0.29, 0.717) is 0 Å². The molecule has 0 aromatic heterocycles. The molecule has 0 atom stereocenters. The highest BCUT2D eigenvalue weighted by Crippen LogP contribution is 2.30. The van der Waals surface area contributed by atoms with E-state index in [2.05, 4.69) is 5.32 Å². The van der Waals surface area contributed by atoms with E-state index in [1.54, 1.807) is 0 Å². The second-order valence-corrected chi connectivity index (χ2v) is 5.73. The number of methoxy groups -OCH3 is 1. The normalized spacial score (nSPS) is 10.9. The van der Waals surface area contributed by atoms with Crippen molar-refractivity contribution in [3.63, 3.8) is 0 Å². The van der Waals surface area contributed by atoms with Crippen LogP contribution in [0.15, 0.2) is 42.5 Å². The minimum atomic E-state index is -4.54. The van der Waals surface area contributed by atoms with E-state index in [4.69, 9.17) is 9.47 Å². The maximum Gasteiger partial charge on any atom is 0.416 e. The molecule has 0 aliphatic heterocycles. The quantitative estimate of drug-likeness (QED) is 0.425. The lowest BCUT2D eigenvalue weighted by Gasteiger charge is -2.11. The molecule has 0 heterocycles. The fourth-order valence-electron chi connectivity index (χ4n) is 2.31. The number of hydrogen-bond acceptors (Lipinski definition) is 6. The number of ether oxygens (including phenoxy) is 2. The topological polar surface area (TPSA) is 108 Å². The fourth-order valence-corrected chi connectivity index (χ4v) is 2.31. The average molecular weight is 412 g/mol. The van der Waals surface area contributed by atoms with Gasteiger partial charge < -0.3 is 14.8 Å². The number of amides is 1. The van der Waals surface area contributed by atoms with Crippen molar-refractivity contribution in [2.75, 3.05) is 19.0 Å². The number of non-ortho nitro benzene ring substituents is 1. The van der Waals surface area contributed by atoms with Crippen molar-refractivity contribution in [2.45, 2.75) is 12.6 Å². The molecule has 0 saturated heterocycles. The molecule has 2 aromatic carbocycles. The molecule has 0 spiro atoms. The lowest BCUT2D eigenvalue weighted by Crippen LogP contribution is -2.22. The highest BCUT2D eigenvalue weighted by atomic mass is 19.4. The first-order chi connectivity index (χ1) is 13.6. The predicted octanol–water partition coefficient (Wildman–Crippen LogP) is 3.35. The van der Waals surface area contributed by atoms with Crippen LogP contribution in [-0.2, 0) is 26.9 Å². The number of nitro groups is 1. The molecule has 0 aliphatic rings. The van der Waals surface area contributed by atoms with Gasteiger partial charge >= 0.3 is 12.1 Å². The van der Waals surface area contributed by atoms with Gasteiger partial charge in [-0.2, -0.15) is 13.2 Å². The second kappa shape index (κ2) is 9.04. The summed E-state index contributed by atoms with van der Waals surface area (Å²) in [6.07, 6.45) is -5.01. The van der Waals surface area contributed by atoms with Gasteiger partial charge in [0.2, 0.25) is 0 Å². The number of anilines is 1. The van der Waals surface area contributed by atoms with Crippen molar-refractivity contribution in [1.29, 1.82) is 0 Å². The Bertz CT molecular complexity index is 930. The number of esters is 1. The van der Waals surface area contributed by atoms with Crippen LogP contribution in [0.2, 0.25) is 0 Å². The summed E-state index contributed by atoms with van der Waals surface area (Å²) in [5.74, 6) is -1.56. The highest BCUT2D eigenvalue weighted by molar-refractivity contribution is 5.94. The summed E-state index contributed by atoms with van der Waals surface area (Å²) in [5, 5.41) is 13.1. The van der Waals surface area contributed by atoms with Crippen LogP contribution in [0.4, 0.5) is 24.5 Å². The van der Waals surface area contributed by atoms with Crippen molar-refractivity contribution in [3.05, 3.63) is 63.7 Å². The Morgan fingerprint density at radius 3 is 2.52 bits per heavy atom. The molecule has 8 nitrogen and oxygen atoms in total. The van der Waals surface area contributed by atoms with Gasteiger partial charge in [-0.25, -0.2) is 0 Å². The molecule has 0 saturated carbocycles. The minimum absolute atomic E-state index is 0.000581. The lowest BCUT2D eigenvalue weighted by atomic mass is 10.1. The van der Waals surface area contributed by atoms with Crippen molar-refractivity contribution >= 4 is 23.3 Å². The van der Waals surface area contributed by atoms with Gasteiger partial charge in [-0.05, 0) is 17.7 Å². The number of carbonyl (C=O) groups excluding carboxylic acids is 2. The molecule has 0 bridgehead atoms. The molecule has 11 heteroatoms. The number of nitrogens with one attached hydrogen (secondary N) is 1. The van der Waals surface area contributed by atoms with Crippen molar-refractivity contribution < 1.29 is 37.2 Å². The number of benzene rings is 2. The minimum Gasteiger partial charge on any atom is -0.495 e. The van der Waals surface area contributed by atoms with E-state index in [9.17, 15) is 32.9 Å². The lowest BCUT2D eigenvalue weighted by molar-refractivity contribution is -0.384. The van der Waals surface area contributed by atoms with Crippen LogP contribution in [0.1, 0.15) is 11.1 Å². The Morgan fingerprint density at radius 2 is 1.90 bits per heavy atom. The Hall–Kier alpha value is -3.63. The van der Waals surface area contributed by atoms with E-state index in [-0.39, 0.29) is 22.7 Å². The molecule has 1 amide bonds. The van der Waals surface area contributed by atoms with Gasteiger partial charge in [-0.1, -0.05) is 18.2 Å². The number of nitrogens with zero attached hydrogens (tertiary/aromatic N) is 1. The van der Waals surface area contributed by atoms with E-state index in [1.807, 2.05) is 0 Å². The van der Waals surface area contributed by atoms with Crippen LogP contribution in [-0.4, -0.2) is 30.5 Å². The first-order valence-electron chi connectivity index (χ1n) is 8.04. The van der Waals surface area contributed by atoms with E-state index in [0.717, 1.165) is 24.3 Å². The Kier molecular flexibility index (Phi) is 6.75. The highest BCUT2D eigenvalue weighted by Gasteiger charge is 2.30. The standard InChI is InChI=1S/C18H15F3N2O6/c1-28-15-6-5-13(23(26)27)9-14(15)22-16(24)10-29-17(25)8-11-3-2-4-12(7-11)18(19,20)21/h2-7,9H,8,10H2,1H3,(H,22,24). The number of rotatable bonds is 7. The Labute approximate surface area is 162 Å². The van der Waals surface area contributed by atoms with Crippen molar-refractivity contribution in [2.24, 2.45) is 0 Å². The van der Waals surface area contributed by atoms with Crippen molar-refractivity contribution in [1.82, 2.24) is 0 Å². The summed E-state index contributed by atoms with van der Waals surface area (Å²) in [4.78, 5) is 33.9. The zero-order valence-corrected chi connectivity index (χ0v) is 15.0. The van der Waals surface area contributed by atoms with Gasteiger partial charge in [-0.15, -0.1) is 0 Å². The third-order valence-corrected chi connectivity index (χ3v) is 3.63. The fraction of sp³-hybridized carbons (Fsp3) is 0.222. The maximum absolute atomic E-state index is 12.7. The monoisotopic (exact) mass is 412 g/mol. The zero-order chi connectivity index (χ0) is 21.6. The molecule has 154 valence electrons. The third kappa shape index (κ3) is 6.19. The summed E-state index contributed by atoms with van der Waals surface area (Å²) in [7, 11) is 1.30. The predicted molar refractivity (Wildman–Crippen MR) is 94.4 cm³/mol. The van der Waals surface area contributed by atoms with Crippen LogP contribution in [0.3, 0.4) is 0 Å². The summed E-state index contributed by atoms with van der Waals surface area (Å²) >= 11 is 0. The van der Waals surface area contributed by atoms with Gasteiger partial charge in [0.05, 0.1) is 29.7 Å². The first kappa shape index (κ1) is 21.7.